The van der Waals surface area contributed by atoms with Crippen LogP contribution in [0, 0.1) is 0 Å². The van der Waals surface area contributed by atoms with Crippen molar-refractivity contribution in [2.24, 2.45) is 0 Å². The molecule has 2 heterocycles. The van der Waals surface area contributed by atoms with Crippen molar-refractivity contribution < 1.29 is 14.0 Å². The first-order valence-electron chi connectivity index (χ1n) is 7.38. The molecule has 0 aliphatic carbocycles. The van der Waals surface area contributed by atoms with Crippen LogP contribution < -0.4 is 10.6 Å². The van der Waals surface area contributed by atoms with Gasteiger partial charge in [0.1, 0.15) is 0 Å². The highest BCUT2D eigenvalue weighted by atomic mass is 32.2. The lowest BCUT2D eigenvalue weighted by Crippen LogP contribution is -2.15. The third-order valence-corrected chi connectivity index (χ3v) is 4.84. The Morgan fingerprint density at radius 1 is 1.20 bits per heavy atom. The summed E-state index contributed by atoms with van der Waals surface area (Å²) in [5.41, 5.74) is 1.38. The average Bonchev–Trinajstić information content (AvgIpc) is 3.27. The lowest BCUT2D eigenvalue weighted by Gasteiger charge is -2.08. The second-order valence-corrected chi connectivity index (χ2v) is 6.71. The Morgan fingerprint density at radius 2 is 2.04 bits per heavy atom. The number of hydrogen-bond acceptors (Lipinski definition) is 6. The molecule has 0 fully saturated rings. The molecule has 0 bridgehead atoms. The Labute approximate surface area is 152 Å². The van der Waals surface area contributed by atoms with Crippen LogP contribution in [0.3, 0.4) is 0 Å². The monoisotopic (exact) mass is 373 g/mol. The zero-order valence-corrected chi connectivity index (χ0v) is 14.9. The third kappa shape index (κ3) is 4.49. The number of aromatic nitrogens is 1. The zero-order chi connectivity index (χ0) is 17.6. The molecule has 2 aromatic heterocycles. The lowest BCUT2D eigenvalue weighted by atomic mass is 10.3. The average molecular weight is 373 g/mol. The third-order valence-electron chi connectivity index (χ3n) is 3.24. The number of benzene rings is 1. The van der Waals surface area contributed by atoms with Crippen LogP contribution >= 0.6 is 23.1 Å². The van der Waals surface area contributed by atoms with Crippen LogP contribution in [0.15, 0.2) is 57.4 Å². The van der Waals surface area contributed by atoms with Gasteiger partial charge in [-0.1, -0.05) is 12.1 Å². The van der Waals surface area contributed by atoms with E-state index in [0.717, 1.165) is 10.6 Å². The topological polar surface area (TPSA) is 84.2 Å². The molecule has 3 rings (SSSR count). The summed E-state index contributed by atoms with van der Waals surface area (Å²) in [6, 6.07) is 10.8. The van der Waals surface area contributed by atoms with Gasteiger partial charge in [-0.15, -0.1) is 23.1 Å². The van der Waals surface area contributed by atoms with E-state index < -0.39 is 0 Å². The van der Waals surface area contributed by atoms with Crippen molar-refractivity contribution in [3.05, 3.63) is 59.5 Å². The van der Waals surface area contributed by atoms with Crippen LogP contribution in [0.25, 0.3) is 0 Å². The van der Waals surface area contributed by atoms with E-state index >= 15 is 0 Å². The summed E-state index contributed by atoms with van der Waals surface area (Å²) >= 11 is 2.83. The van der Waals surface area contributed by atoms with Crippen molar-refractivity contribution in [1.29, 1.82) is 0 Å². The molecule has 0 radical (unpaired) electrons. The van der Waals surface area contributed by atoms with Gasteiger partial charge in [0, 0.05) is 10.3 Å². The molecular formula is C17H15N3O3S2. The van der Waals surface area contributed by atoms with Gasteiger partial charge in [-0.2, -0.15) is 0 Å². The summed E-state index contributed by atoms with van der Waals surface area (Å²) in [4.78, 5) is 29.4. The molecule has 0 unspecified atom stereocenters. The molecule has 25 heavy (non-hydrogen) atoms. The highest BCUT2D eigenvalue weighted by Gasteiger charge is 2.13. The molecule has 0 aliphatic rings. The van der Waals surface area contributed by atoms with Crippen molar-refractivity contribution >= 4 is 45.7 Å². The first-order chi connectivity index (χ1) is 12.2. The van der Waals surface area contributed by atoms with Gasteiger partial charge >= 0.3 is 0 Å². The Kier molecular flexibility index (Phi) is 5.52. The second kappa shape index (κ2) is 8.00. The molecule has 0 spiro atoms. The number of anilines is 2. The fourth-order valence-corrected chi connectivity index (χ4v) is 3.38. The number of rotatable bonds is 6. The Hall–Kier alpha value is -2.58. The van der Waals surface area contributed by atoms with Gasteiger partial charge in [-0.3, -0.25) is 14.9 Å². The molecule has 2 N–H and O–H groups in total. The Bertz CT molecular complexity index is 875. The molecule has 1 aromatic carbocycles. The van der Waals surface area contributed by atoms with Gasteiger partial charge in [0.05, 0.1) is 24.1 Å². The Morgan fingerprint density at radius 3 is 2.80 bits per heavy atom. The van der Waals surface area contributed by atoms with Crippen molar-refractivity contribution in [3.8, 4) is 0 Å². The summed E-state index contributed by atoms with van der Waals surface area (Å²) in [6.45, 7) is 0. The lowest BCUT2D eigenvalue weighted by molar-refractivity contribution is -0.115. The largest absolute Gasteiger partial charge is 0.459 e. The van der Waals surface area contributed by atoms with E-state index in [0.29, 0.717) is 10.8 Å². The maximum atomic E-state index is 12.2. The number of thioether (sulfide) groups is 1. The van der Waals surface area contributed by atoms with Crippen molar-refractivity contribution in [1.82, 2.24) is 4.98 Å². The number of para-hydroxylation sites is 1. The number of furan rings is 1. The maximum absolute atomic E-state index is 12.2. The predicted octanol–water partition coefficient (Wildman–Crippen LogP) is 3.89. The minimum atomic E-state index is -0.371. The van der Waals surface area contributed by atoms with E-state index in [-0.39, 0.29) is 24.0 Å². The fraction of sp³-hybridized carbons (Fsp3) is 0.118. The SMILES string of the molecule is CSc1ccccc1NC(=O)Cc1csc(NC(=O)c2ccco2)n1. The standard InChI is InChI=1S/C17H15N3O3S2/c1-24-14-7-3-2-5-12(14)19-15(21)9-11-10-25-17(18-11)20-16(22)13-6-4-8-23-13/h2-8,10H,9H2,1H3,(H,19,21)(H,18,20,22). The first kappa shape index (κ1) is 17.2. The normalized spacial score (nSPS) is 10.4. The van der Waals surface area contributed by atoms with Gasteiger partial charge in [0.25, 0.3) is 5.91 Å². The summed E-state index contributed by atoms with van der Waals surface area (Å²) < 4.78 is 5.03. The van der Waals surface area contributed by atoms with Crippen LogP contribution in [0.4, 0.5) is 10.8 Å². The van der Waals surface area contributed by atoms with E-state index in [1.54, 1.807) is 29.3 Å². The van der Waals surface area contributed by atoms with Gasteiger partial charge < -0.3 is 9.73 Å². The van der Waals surface area contributed by atoms with Crippen LogP contribution in [0.1, 0.15) is 16.2 Å². The number of nitrogens with zero attached hydrogens (tertiary/aromatic N) is 1. The molecule has 2 amide bonds. The van der Waals surface area contributed by atoms with Crippen molar-refractivity contribution in [2.45, 2.75) is 11.3 Å². The van der Waals surface area contributed by atoms with Gasteiger partial charge in [0.2, 0.25) is 5.91 Å². The highest BCUT2D eigenvalue weighted by molar-refractivity contribution is 7.98. The molecule has 3 aromatic rings. The smallest absolute Gasteiger partial charge is 0.293 e. The summed E-state index contributed by atoms with van der Waals surface area (Å²) in [6.07, 6.45) is 3.52. The minimum absolute atomic E-state index is 0.135. The van der Waals surface area contributed by atoms with E-state index in [1.807, 2.05) is 30.5 Å². The molecule has 128 valence electrons. The van der Waals surface area contributed by atoms with Crippen LogP contribution in [0.5, 0.6) is 0 Å². The van der Waals surface area contributed by atoms with E-state index in [2.05, 4.69) is 15.6 Å². The number of thiazole rings is 1. The van der Waals surface area contributed by atoms with Crippen molar-refractivity contribution in [3.63, 3.8) is 0 Å². The molecule has 0 aliphatic heterocycles. The number of carbonyl (C=O) groups excluding carboxylic acids is 2. The summed E-state index contributed by atoms with van der Waals surface area (Å²) in [5.74, 6) is -0.317. The number of amides is 2. The highest BCUT2D eigenvalue weighted by Crippen LogP contribution is 2.25. The molecule has 8 heteroatoms. The van der Waals surface area contributed by atoms with Gasteiger partial charge in [-0.25, -0.2) is 4.98 Å². The first-order valence-corrected chi connectivity index (χ1v) is 9.48. The maximum Gasteiger partial charge on any atom is 0.293 e. The quantitative estimate of drug-likeness (QED) is 0.640. The molecular weight excluding hydrogens is 358 g/mol. The summed E-state index contributed by atoms with van der Waals surface area (Å²) in [7, 11) is 0. The summed E-state index contributed by atoms with van der Waals surface area (Å²) in [5, 5.41) is 7.70. The van der Waals surface area contributed by atoms with E-state index in [1.165, 1.54) is 17.6 Å². The van der Waals surface area contributed by atoms with Crippen LogP contribution in [-0.4, -0.2) is 23.1 Å². The number of nitrogens with one attached hydrogen (secondary N) is 2. The predicted molar refractivity (Wildman–Crippen MR) is 99.3 cm³/mol. The second-order valence-electron chi connectivity index (χ2n) is 5.00. The fourth-order valence-electron chi connectivity index (χ4n) is 2.12. The molecule has 0 saturated carbocycles. The van der Waals surface area contributed by atoms with Crippen molar-refractivity contribution in [2.75, 3.05) is 16.9 Å². The zero-order valence-electron chi connectivity index (χ0n) is 13.3. The van der Waals surface area contributed by atoms with Gasteiger partial charge in [-0.05, 0) is 30.5 Å². The number of carbonyl (C=O) groups is 2. The van der Waals surface area contributed by atoms with Gasteiger partial charge in [0.15, 0.2) is 10.9 Å². The van der Waals surface area contributed by atoms with E-state index in [4.69, 9.17) is 4.42 Å². The molecule has 6 nitrogen and oxygen atoms in total. The molecule has 0 atom stereocenters. The minimum Gasteiger partial charge on any atom is -0.459 e. The Balaban J connectivity index is 1.59. The van der Waals surface area contributed by atoms with Crippen LogP contribution in [-0.2, 0) is 11.2 Å². The number of hydrogen-bond donors (Lipinski definition) is 2. The van der Waals surface area contributed by atoms with Crippen LogP contribution in [0.2, 0.25) is 0 Å². The van der Waals surface area contributed by atoms with E-state index in [9.17, 15) is 9.59 Å². The molecule has 0 saturated heterocycles.